The number of benzene rings is 1. The van der Waals surface area contributed by atoms with Gasteiger partial charge in [-0.1, -0.05) is 13.8 Å². The highest BCUT2D eigenvalue weighted by Gasteiger charge is 2.05. The summed E-state index contributed by atoms with van der Waals surface area (Å²) in [5.74, 6) is 1.08. The summed E-state index contributed by atoms with van der Waals surface area (Å²) >= 11 is 0. The van der Waals surface area contributed by atoms with Gasteiger partial charge in [0, 0.05) is 30.2 Å². The van der Waals surface area contributed by atoms with Gasteiger partial charge < -0.3 is 10.6 Å². The number of aromatic nitrogens is 2. The third-order valence-corrected chi connectivity index (χ3v) is 2.98. The molecule has 0 atom stereocenters. The summed E-state index contributed by atoms with van der Waals surface area (Å²) in [6.07, 6.45) is 4.33. The van der Waals surface area contributed by atoms with Gasteiger partial charge in [-0.15, -0.1) is 0 Å². The number of hydrogen-bond donors (Lipinski definition) is 2. The van der Waals surface area contributed by atoms with E-state index in [4.69, 9.17) is 0 Å². The topological polar surface area (TPSA) is 66.9 Å². The Balaban J connectivity index is 1.91. The molecule has 0 saturated heterocycles. The van der Waals surface area contributed by atoms with Gasteiger partial charge in [-0.25, -0.2) is 9.97 Å². The van der Waals surface area contributed by atoms with Gasteiger partial charge in [-0.05, 0) is 42.7 Å². The highest BCUT2D eigenvalue weighted by molar-refractivity contribution is 5.94. The van der Waals surface area contributed by atoms with Crippen LogP contribution in [0.3, 0.4) is 0 Å². The first-order valence-electron chi connectivity index (χ1n) is 7.07. The van der Waals surface area contributed by atoms with Crippen molar-refractivity contribution in [3.8, 4) is 0 Å². The predicted molar refractivity (Wildman–Crippen MR) is 83.5 cm³/mol. The summed E-state index contributed by atoms with van der Waals surface area (Å²) in [5.41, 5.74) is 1.50. The van der Waals surface area contributed by atoms with E-state index in [1.165, 1.54) is 0 Å². The van der Waals surface area contributed by atoms with Gasteiger partial charge in [-0.3, -0.25) is 4.79 Å². The van der Waals surface area contributed by atoms with Gasteiger partial charge in [0.25, 0.3) is 5.91 Å². The summed E-state index contributed by atoms with van der Waals surface area (Å²) in [6, 6.07) is 9.02. The van der Waals surface area contributed by atoms with E-state index < -0.39 is 0 Å². The maximum atomic E-state index is 11.9. The molecule has 5 nitrogen and oxygen atoms in total. The van der Waals surface area contributed by atoms with Crippen molar-refractivity contribution >= 4 is 17.5 Å². The Hall–Kier alpha value is -2.43. The monoisotopic (exact) mass is 284 g/mol. The number of hydrogen-bond acceptors (Lipinski definition) is 4. The van der Waals surface area contributed by atoms with Crippen LogP contribution in [0.2, 0.25) is 0 Å². The molecule has 2 N–H and O–H groups in total. The second-order valence-corrected chi connectivity index (χ2v) is 5.21. The fourth-order valence-electron chi connectivity index (χ4n) is 1.77. The maximum Gasteiger partial charge on any atom is 0.251 e. The van der Waals surface area contributed by atoms with Gasteiger partial charge in [0.1, 0.15) is 0 Å². The SMILES string of the molecule is CC(C)CCNC(=O)c1ccc(Nc2ncccn2)cc1. The van der Waals surface area contributed by atoms with Crippen LogP contribution in [0, 0.1) is 5.92 Å². The molecule has 0 unspecified atom stereocenters. The van der Waals surface area contributed by atoms with Crippen LogP contribution in [-0.4, -0.2) is 22.4 Å². The normalized spacial score (nSPS) is 10.4. The summed E-state index contributed by atoms with van der Waals surface area (Å²) in [4.78, 5) is 20.1. The lowest BCUT2D eigenvalue weighted by Crippen LogP contribution is -2.25. The van der Waals surface area contributed by atoms with Crippen molar-refractivity contribution in [1.82, 2.24) is 15.3 Å². The average Bonchev–Trinajstić information content (AvgIpc) is 2.48. The molecular formula is C16H20N4O. The Morgan fingerprint density at radius 3 is 2.43 bits per heavy atom. The van der Waals surface area contributed by atoms with E-state index in [1.54, 1.807) is 30.6 Å². The Bertz CT molecular complexity index is 567. The van der Waals surface area contributed by atoms with Crippen LogP contribution < -0.4 is 10.6 Å². The summed E-state index contributed by atoms with van der Waals surface area (Å²) in [6.45, 7) is 4.98. The zero-order valence-corrected chi connectivity index (χ0v) is 12.3. The number of carbonyl (C=O) groups is 1. The van der Waals surface area contributed by atoms with E-state index in [9.17, 15) is 4.79 Å². The first-order chi connectivity index (χ1) is 10.1. The number of carbonyl (C=O) groups excluding carboxylic acids is 1. The van der Waals surface area contributed by atoms with Crippen LogP contribution in [0.15, 0.2) is 42.7 Å². The summed E-state index contributed by atoms with van der Waals surface area (Å²) < 4.78 is 0. The molecule has 1 heterocycles. The van der Waals surface area contributed by atoms with Gasteiger partial charge in [0.15, 0.2) is 0 Å². The highest BCUT2D eigenvalue weighted by atomic mass is 16.1. The average molecular weight is 284 g/mol. The molecule has 1 aromatic carbocycles. The fraction of sp³-hybridized carbons (Fsp3) is 0.312. The van der Waals surface area contributed by atoms with Crippen LogP contribution in [0.25, 0.3) is 0 Å². The number of rotatable bonds is 6. The second kappa shape index (κ2) is 7.38. The number of amides is 1. The van der Waals surface area contributed by atoms with Crippen molar-refractivity contribution in [3.63, 3.8) is 0 Å². The Morgan fingerprint density at radius 2 is 1.81 bits per heavy atom. The first-order valence-corrected chi connectivity index (χ1v) is 7.07. The zero-order valence-electron chi connectivity index (χ0n) is 12.3. The van der Waals surface area contributed by atoms with E-state index in [-0.39, 0.29) is 5.91 Å². The number of nitrogens with zero attached hydrogens (tertiary/aromatic N) is 2. The smallest absolute Gasteiger partial charge is 0.251 e. The third kappa shape index (κ3) is 4.87. The molecule has 110 valence electrons. The molecule has 21 heavy (non-hydrogen) atoms. The summed E-state index contributed by atoms with van der Waals surface area (Å²) in [5, 5.41) is 5.99. The molecule has 0 radical (unpaired) electrons. The number of nitrogens with one attached hydrogen (secondary N) is 2. The molecule has 0 saturated carbocycles. The molecule has 0 spiro atoms. The van der Waals surface area contributed by atoms with Gasteiger partial charge >= 0.3 is 0 Å². The Labute approximate surface area is 124 Å². The molecule has 0 fully saturated rings. The van der Waals surface area contributed by atoms with Gasteiger partial charge in [0.2, 0.25) is 5.95 Å². The summed E-state index contributed by atoms with van der Waals surface area (Å²) in [7, 11) is 0. The predicted octanol–water partition coefficient (Wildman–Crippen LogP) is 3.00. The molecule has 0 aliphatic carbocycles. The third-order valence-electron chi connectivity index (χ3n) is 2.98. The number of anilines is 2. The van der Waals surface area contributed by atoms with Gasteiger partial charge in [-0.2, -0.15) is 0 Å². The minimum absolute atomic E-state index is 0.0434. The minimum Gasteiger partial charge on any atom is -0.352 e. The molecule has 1 aromatic heterocycles. The Morgan fingerprint density at radius 1 is 1.14 bits per heavy atom. The lowest BCUT2D eigenvalue weighted by molar-refractivity contribution is 0.0952. The van der Waals surface area contributed by atoms with Crippen LogP contribution in [-0.2, 0) is 0 Å². The van der Waals surface area contributed by atoms with E-state index in [1.807, 2.05) is 12.1 Å². The lowest BCUT2D eigenvalue weighted by Gasteiger charge is -2.08. The molecule has 0 bridgehead atoms. The van der Waals surface area contributed by atoms with Crippen molar-refractivity contribution in [3.05, 3.63) is 48.3 Å². The molecule has 2 rings (SSSR count). The molecule has 0 aliphatic heterocycles. The molecule has 0 aliphatic rings. The van der Waals surface area contributed by atoms with Crippen LogP contribution in [0.4, 0.5) is 11.6 Å². The minimum atomic E-state index is -0.0434. The van der Waals surface area contributed by atoms with Crippen LogP contribution in [0.5, 0.6) is 0 Å². The van der Waals surface area contributed by atoms with Crippen molar-refractivity contribution < 1.29 is 4.79 Å². The van der Waals surface area contributed by atoms with Crippen LogP contribution in [0.1, 0.15) is 30.6 Å². The Kier molecular flexibility index (Phi) is 5.26. The molecule has 2 aromatic rings. The van der Waals surface area contributed by atoms with E-state index >= 15 is 0 Å². The maximum absolute atomic E-state index is 11.9. The quantitative estimate of drug-likeness (QED) is 0.855. The van der Waals surface area contributed by atoms with Crippen molar-refractivity contribution in [1.29, 1.82) is 0 Å². The largest absolute Gasteiger partial charge is 0.352 e. The first kappa shape index (κ1) is 15.0. The van der Waals surface area contributed by atoms with Gasteiger partial charge in [0.05, 0.1) is 0 Å². The fourth-order valence-corrected chi connectivity index (χ4v) is 1.77. The van der Waals surface area contributed by atoms with Crippen molar-refractivity contribution in [2.75, 3.05) is 11.9 Å². The molecular weight excluding hydrogens is 264 g/mol. The standard InChI is InChI=1S/C16H20N4O/c1-12(2)8-11-17-15(21)13-4-6-14(7-5-13)20-16-18-9-3-10-19-16/h3-7,9-10,12H,8,11H2,1-2H3,(H,17,21)(H,18,19,20). The molecule has 1 amide bonds. The van der Waals surface area contributed by atoms with E-state index in [0.29, 0.717) is 24.0 Å². The van der Waals surface area contributed by atoms with Crippen LogP contribution >= 0.6 is 0 Å². The van der Waals surface area contributed by atoms with E-state index in [2.05, 4.69) is 34.4 Å². The zero-order chi connectivity index (χ0) is 15.1. The second-order valence-electron chi connectivity index (χ2n) is 5.21. The van der Waals surface area contributed by atoms with Crippen molar-refractivity contribution in [2.24, 2.45) is 5.92 Å². The lowest BCUT2D eigenvalue weighted by atomic mass is 10.1. The highest BCUT2D eigenvalue weighted by Crippen LogP contribution is 2.13. The van der Waals surface area contributed by atoms with E-state index in [0.717, 1.165) is 12.1 Å². The molecule has 5 heteroatoms. The van der Waals surface area contributed by atoms with Crippen molar-refractivity contribution in [2.45, 2.75) is 20.3 Å².